The molecular formula is C12H18N4O5. The van der Waals surface area contributed by atoms with Gasteiger partial charge in [0.25, 0.3) is 0 Å². The van der Waals surface area contributed by atoms with E-state index in [1.165, 1.54) is 0 Å². The quantitative estimate of drug-likeness (QED) is 0.520. The molecule has 0 saturated carbocycles. The number of aromatic nitrogens is 1. The van der Waals surface area contributed by atoms with Crippen molar-refractivity contribution in [3.05, 3.63) is 17.8 Å². The van der Waals surface area contributed by atoms with E-state index in [-0.39, 0.29) is 19.4 Å². The van der Waals surface area contributed by atoms with Crippen LogP contribution in [0.1, 0.15) is 31.4 Å². The van der Waals surface area contributed by atoms with Gasteiger partial charge in [-0.05, 0) is 6.42 Å². The lowest BCUT2D eigenvalue weighted by Crippen LogP contribution is -2.46. The summed E-state index contributed by atoms with van der Waals surface area (Å²) in [4.78, 5) is 37.1. The van der Waals surface area contributed by atoms with Crippen molar-refractivity contribution in [1.82, 2.24) is 15.6 Å². The lowest BCUT2D eigenvalue weighted by atomic mass is 10.1. The molecule has 9 nitrogen and oxygen atoms in total. The highest BCUT2D eigenvalue weighted by molar-refractivity contribution is 5.83. The number of carbonyl (C=O) groups excluding carboxylic acids is 2. The van der Waals surface area contributed by atoms with E-state index >= 15 is 0 Å². The molecule has 1 aromatic rings. The Morgan fingerprint density at radius 3 is 2.71 bits per heavy atom. The molecule has 0 aromatic carbocycles. The zero-order valence-corrected chi connectivity index (χ0v) is 11.6. The van der Waals surface area contributed by atoms with Gasteiger partial charge in [-0.2, -0.15) is 0 Å². The maximum Gasteiger partial charge on any atom is 0.326 e. The van der Waals surface area contributed by atoms with Crippen molar-refractivity contribution in [2.45, 2.75) is 38.8 Å². The van der Waals surface area contributed by atoms with Gasteiger partial charge in [0.1, 0.15) is 11.8 Å². The molecule has 9 heteroatoms. The number of nitrogens with two attached hydrogens (primary N) is 1. The van der Waals surface area contributed by atoms with Crippen LogP contribution in [0.3, 0.4) is 0 Å². The van der Waals surface area contributed by atoms with Crippen LogP contribution in [-0.2, 0) is 22.6 Å². The van der Waals surface area contributed by atoms with Crippen LogP contribution in [0.15, 0.2) is 10.6 Å². The van der Waals surface area contributed by atoms with Gasteiger partial charge >= 0.3 is 12.0 Å². The summed E-state index contributed by atoms with van der Waals surface area (Å²) in [5, 5.41) is 13.6. The first-order chi connectivity index (χ1) is 9.92. The first-order valence-corrected chi connectivity index (χ1v) is 6.41. The largest absolute Gasteiger partial charge is 0.480 e. The Morgan fingerprint density at radius 1 is 1.48 bits per heavy atom. The molecule has 0 aliphatic carbocycles. The number of aryl methyl sites for hydroxylation is 1. The summed E-state index contributed by atoms with van der Waals surface area (Å²) in [7, 11) is 0. The van der Waals surface area contributed by atoms with E-state index in [4.69, 9.17) is 15.3 Å². The topological polar surface area (TPSA) is 148 Å². The predicted molar refractivity (Wildman–Crippen MR) is 71.1 cm³/mol. The second-order valence-corrected chi connectivity index (χ2v) is 4.30. The fourth-order valence-corrected chi connectivity index (χ4v) is 1.50. The summed E-state index contributed by atoms with van der Waals surface area (Å²) < 4.78 is 5.28. The monoisotopic (exact) mass is 298 g/mol. The molecule has 21 heavy (non-hydrogen) atoms. The minimum atomic E-state index is -1.24. The molecule has 0 aliphatic rings. The van der Waals surface area contributed by atoms with E-state index in [1.807, 2.05) is 6.92 Å². The summed E-state index contributed by atoms with van der Waals surface area (Å²) in [5.41, 5.74) is 4.94. The van der Waals surface area contributed by atoms with Crippen LogP contribution in [0.5, 0.6) is 0 Å². The number of hydrogen-bond donors (Lipinski definition) is 4. The molecule has 1 heterocycles. The normalized spacial score (nSPS) is 11.7. The minimum absolute atomic E-state index is 0.0357. The predicted octanol–water partition coefficient (Wildman–Crippen LogP) is -0.245. The molecule has 1 rings (SSSR count). The summed E-state index contributed by atoms with van der Waals surface area (Å²) in [6.45, 7) is 1.94. The van der Waals surface area contributed by atoms with E-state index in [0.717, 1.165) is 0 Å². The number of urea groups is 1. The number of amides is 3. The number of carbonyl (C=O) groups is 3. The minimum Gasteiger partial charge on any atom is -0.480 e. The summed E-state index contributed by atoms with van der Waals surface area (Å²) >= 11 is 0. The lowest BCUT2D eigenvalue weighted by molar-refractivity contribution is -0.139. The Balaban J connectivity index is 2.42. The van der Waals surface area contributed by atoms with Crippen LogP contribution in [0.2, 0.25) is 0 Å². The van der Waals surface area contributed by atoms with Crippen LogP contribution < -0.4 is 16.4 Å². The molecule has 0 bridgehead atoms. The maximum absolute atomic E-state index is 11.6. The second-order valence-electron chi connectivity index (χ2n) is 4.30. The zero-order valence-electron chi connectivity index (χ0n) is 11.6. The molecule has 0 aliphatic heterocycles. The fourth-order valence-electron chi connectivity index (χ4n) is 1.50. The van der Waals surface area contributed by atoms with Gasteiger partial charge in [0.2, 0.25) is 11.8 Å². The van der Waals surface area contributed by atoms with Crippen molar-refractivity contribution < 1.29 is 23.9 Å². The van der Waals surface area contributed by atoms with Gasteiger partial charge in [0.15, 0.2) is 0 Å². The molecule has 1 atom stereocenters. The van der Waals surface area contributed by atoms with Gasteiger partial charge in [-0.3, -0.25) is 4.79 Å². The number of primary amides is 1. The summed E-state index contributed by atoms with van der Waals surface area (Å²) in [5.74, 6) is -0.853. The highest BCUT2D eigenvalue weighted by atomic mass is 16.4. The van der Waals surface area contributed by atoms with E-state index < -0.39 is 23.9 Å². The highest BCUT2D eigenvalue weighted by Gasteiger charge is 2.20. The number of aliphatic carboxylic acids is 1. The molecule has 0 saturated heterocycles. The zero-order chi connectivity index (χ0) is 15.8. The Bertz CT molecular complexity index is 514. The number of carboxylic acid groups (broad SMARTS) is 1. The van der Waals surface area contributed by atoms with Crippen molar-refractivity contribution in [1.29, 1.82) is 0 Å². The molecule has 0 fully saturated rings. The van der Waals surface area contributed by atoms with Crippen LogP contribution in [-0.4, -0.2) is 34.0 Å². The average Bonchev–Trinajstić information content (AvgIpc) is 2.88. The van der Waals surface area contributed by atoms with Gasteiger partial charge < -0.3 is 25.9 Å². The van der Waals surface area contributed by atoms with Gasteiger partial charge in [-0.15, -0.1) is 0 Å². The molecule has 1 unspecified atom stereocenters. The van der Waals surface area contributed by atoms with E-state index in [9.17, 15) is 14.4 Å². The molecule has 116 valence electrons. The summed E-state index contributed by atoms with van der Waals surface area (Å²) in [6, 6.07) is -1.88. The number of rotatable bonds is 8. The van der Waals surface area contributed by atoms with Gasteiger partial charge in [-0.25, -0.2) is 14.6 Å². The smallest absolute Gasteiger partial charge is 0.326 e. The fraction of sp³-hybridized carbons (Fsp3) is 0.500. The third kappa shape index (κ3) is 5.93. The first kappa shape index (κ1) is 16.5. The Kier molecular flexibility index (Phi) is 6.18. The maximum atomic E-state index is 11.6. The van der Waals surface area contributed by atoms with E-state index in [1.54, 1.807) is 6.20 Å². The first-order valence-electron chi connectivity index (χ1n) is 6.41. The van der Waals surface area contributed by atoms with Crippen molar-refractivity contribution in [2.75, 3.05) is 0 Å². The number of nitrogens with zero attached hydrogens (tertiary/aromatic N) is 1. The van der Waals surface area contributed by atoms with Crippen LogP contribution >= 0.6 is 0 Å². The van der Waals surface area contributed by atoms with Gasteiger partial charge in [0.05, 0.1) is 12.7 Å². The number of carboxylic acids is 1. The Morgan fingerprint density at radius 2 is 2.19 bits per heavy atom. The third-order valence-corrected chi connectivity index (χ3v) is 2.63. The molecule has 3 amide bonds. The SMILES string of the molecule is CCc1cnc(CNC(=O)NC(CCC(N)=O)C(=O)O)o1. The summed E-state index contributed by atoms with van der Waals surface area (Å²) in [6.07, 6.45) is 2.04. The third-order valence-electron chi connectivity index (χ3n) is 2.63. The van der Waals surface area contributed by atoms with Crippen molar-refractivity contribution in [3.63, 3.8) is 0 Å². The van der Waals surface area contributed by atoms with Crippen LogP contribution in [0.4, 0.5) is 4.79 Å². The van der Waals surface area contributed by atoms with Crippen molar-refractivity contribution in [3.8, 4) is 0 Å². The van der Waals surface area contributed by atoms with Gasteiger partial charge in [-0.1, -0.05) is 6.92 Å². The molecule has 5 N–H and O–H groups in total. The Labute approximate surface area is 120 Å². The highest BCUT2D eigenvalue weighted by Crippen LogP contribution is 2.03. The number of nitrogens with one attached hydrogen (secondary N) is 2. The number of hydrogen-bond acceptors (Lipinski definition) is 5. The molecule has 0 spiro atoms. The lowest BCUT2D eigenvalue weighted by Gasteiger charge is -2.13. The molecule has 0 radical (unpaired) electrons. The van der Waals surface area contributed by atoms with Crippen LogP contribution in [0, 0.1) is 0 Å². The van der Waals surface area contributed by atoms with E-state index in [2.05, 4.69) is 15.6 Å². The average molecular weight is 298 g/mol. The van der Waals surface area contributed by atoms with Gasteiger partial charge in [0, 0.05) is 12.8 Å². The number of oxazole rings is 1. The van der Waals surface area contributed by atoms with Crippen LogP contribution in [0.25, 0.3) is 0 Å². The molecular weight excluding hydrogens is 280 g/mol. The van der Waals surface area contributed by atoms with Crippen molar-refractivity contribution >= 4 is 17.9 Å². The standard InChI is InChI=1S/C12H18N4O5/c1-2-7-5-14-10(21-7)6-15-12(20)16-8(11(18)19)3-4-9(13)17/h5,8H,2-4,6H2,1H3,(H2,13,17)(H,18,19)(H2,15,16,20). The second kappa shape index (κ2) is 7.88. The van der Waals surface area contributed by atoms with E-state index in [0.29, 0.717) is 18.1 Å². The Hall–Kier alpha value is -2.58. The molecule has 1 aromatic heterocycles. The van der Waals surface area contributed by atoms with Crippen molar-refractivity contribution in [2.24, 2.45) is 5.73 Å².